The summed E-state index contributed by atoms with van der Waals surface area (Å²) in [6.45, 7) is 3.26. The topological polar surface area (TPSA) is 88.1 Å². The van der Waals surface area contributed by atoms with Crippen LogP contribution in [0.4, 0.5) is 0 Å². The van der Waals surface area contributed by atoms with Gasteiger partial charge in [-0.15, -0.1) is 0 Å². The summed E-state index contributed by atoms with van der Waals surface area (Å²) in [7, 11) is 0.0859. The molecule has 7 rings (SSSR count). The summed E-state index contributed by atoms with van der Waals surface area (Å²) in [5, 5.41) is 2.71. The molecule has 0 aliphatic carbocycles. The molecule has 1 unspecified atom stereocenters. The first-order valence-electron chi connectivity index (χ1n) is 14.3. The number of fused-ring (bicyclic) bond motifs is 6. The van der Waals surface area contributed by atoms with E-state index in [-0.39, 0.29) is 0 Å². The molecule has 222 valence electrons. The lowest BCUT2D eigenvalue weighted by Gasteiger charge is -2.37. The van der Waals surface area contributed by atoms with E-state index in [2.05, 4.69) is 0 Å². The summed E-state index contributed by atoms with van der Waals surface area (Å²) in [4.78, 5) is 39.3. The molecule has 45 heavy (non-hydrogen) atoms. The van der Waals surface area contributed by atoms with Crippen molar-refractivity contribution >= 4 is 41.7 Å². The van der Waals surface area contributed by atoms with Gasteiger partial charge in [-0.2, -0.15) is 0 Å². The summed E-state index contributed by atoms with van der Waals surface area (Å²) in [6, 6.07) is 34.0. The second-order valence-electron chi connectivity index (χ2n) is 10.8. The van der Waals surface area contributed by atoms with Crippen LogP contribution >= 0.6 is 7.92 Å². The Kier molecular flexibility index (Phi) is 6.99. The van der Waals surface area contributed by atoms with Crippen LogP contribution in [-0.2, 0) is 19.9 Å². The maximum Gasteiger partial charge on any atom is 0.340 e. The van der Waals surface area contributed by atoms with Gasteiger partial charge in [0, 0.05) is 35.0 Å². The SMILES string of the molecule is COC(=O)c1cc2c(cc1P(c1ccccc1)c1ccccc1)C(=O)OC21c2ccc(C)cc2Oc2cc(OC(C)=O)ccc21. The van der Waals surface area contributed by atoms with Crippen LogP contribution in [0.5, 0.6) is 17.2 Å². The lowest BCUT2D eigenvalue weighted by atomic mass is 9.77. The third-order valence-electron chi connectivity index (χ3n) is 7.99. The van der Waals surface area contributed by atoms with Gasteiger partial charge >= 0.3 is 17.9 Å². The Morgan fingerprint density at radius 1 is 0.756 bits per heavy atom. The van der Waals surface area contributed by atoms with Gasteiger partial charge in [0.25, 0.3) is 0 Å². The molecule has 0 amide bonds. The second kappa shape index (κ2) is 11.0. The number of carbonyl (C=O) groups is 3. The Bertz CT molecular complexity index is 1970. The van der Waals surface area contributed by atoms with E-state index >= 15 is 0 Å². The molecule has 8 heteroatoms. The predicted molar refractivity (Wildman–Crippen MR) is 171 cm³/mol. The molecule has 2 heterocycles. The molecule has 0 bridgehead atoms. The number of hydrogen-bond acceptors (Lipinski definition) is 7. The third-order valence-corrected chi connectivity index (χ3v) is 10.5. The molecule has 0 radical (unpaired) electrons. The van der Waals surface area contributed by atoms with Crippen molar-refractivity contribution in [2.24, 2.45) is 0 Å². The van der Waals surface area contributed by atoms with Crippen molar-refractivity contribution in [3.05, 3.63) is 143 Å². The number of methoxy groups -OCH3 is 1. The molecule has 0 saturated carbocycles. The highest BCUT2D eigenvalue weighted by atomic mass is 31.1. The molecule has 5 aromatic carbocycles. The second-order valence-corrected chi connectivity index (χ2v) is 13.0. The van der Waals surface area contributed by atoms with Crippen LogP contribution in [0.15, 0.2) is 109 Å². The first kappa shape index (κ1) is 28.5. The van der Waals surface area contributed by atoms with Gasteiger partial charge in [-0.05, 0) is 61.3 Å². The molecular formula is C37H27O7P. The normalized spacial score (nSPS) is 15.9. The molecule has 5 aromatic rings. The molecule has 0 fully saturated rings. The molecule has 0 N–H and O–H groups in total. The molecule has 1 atom stereocenters. The zero-order valence-electron chi connectivity index (χ0n) is 24.7. The van der Waals surface area contributed by atoms with Gasteiger partial charge in [0.2, 0.25) is 0 Å². The molecular weight excluding hydrogens is 587 g/mol. The number of benzene rings is 5. The highest BCUT2D eigenvalue weighted by molar-refractivity contribution is 7.80. The maximum absolute atomic E-state index is 14.0. The van der Waals surface area contributed by atoms with Crippen molar-refractivity contribution in [1.82, 2.24) is 0 Å². The van der Waals surface area contributed by atoms with Gasteiger partial charge in [0.05, 0.1) is 18.2 Å². The van der Waals surface area contributed by atoms with Crippen LogP contribution in [0.2, 0.25) is 0 Å². The van der Waals surface area contributed by atoms with Crippen LogP contribution in [0.25, 0.3) is 0 Å². The number of aryl methyl sites for hydroxylation is 1. The Hall–Kier alpha value is -5.26. The van der Waals surface area contributed by atoms with E-state index in [0.717, 1.165) is 16.2 Å². The van der Waals surface area contributed by atoms with Gasteiger partial charge in [-0.1, -0.05) is 72.8 Å². The van der Waals surface area contributed by atoms with Crippen molar-refractivity contribution in [3.8, 4) is 17.2 Å². The van der Waals surface area contributed by atoms with Crippen LogP contribution in [0, 0.1) is 6.92 Å². The van der Waals surface area contributed by atoms with E-state index in [1.165, 1.54) is 14.0 Å². The van der Waals surface area contributed by atoms with Crippen molar-refractivity contribution in [3.63, 3.8) is 0 Å². The first-order chi connectivity index (χ1) is 21.8. The van der Waals surface area contributed by atoms with Crippen molar-refractivity contribution < 1.29 is 33.3 Å². The monoisotopic (exact) mass is 614 g/mol. The highest BCUT2D eigenvalue weighted by Gasteiger charge is 2.54. The Balaban J connectivity index is 1.52. The van der Waals surface area contributed by atoms with Crippen molar-refractivity contribution in [2.75, 3.05) is 7.11 Å². The van der Waals surface area contributed by atoms with E-state index < -0.39 is 31.4 Å². The average molecular weight is 615 g/mol. The van der Waals surface area contributed by atoms with E-state index in [4.69, 9.17) is 18.9 Å². The highest BCUT2D eigenvalue weighted by Crippen LogP contribution is 2.57. The fraction of sp³-hybridized carbons (Fsp3) is 0.108. The Labute approximate surface area is 261 Å². The number of esters is 3. The van der Waals surface area contributed by atoms with Gasteiger partial charge in [-0.25, -0.2) is 9.59 Å². The fourth-order valence-corrected chi connectivity index (χ4v) is 8.56. The molecule has 2 aliphatic rings. The zero-order valence-corrected chi connectivity index (χ0v) is 25.6. The van der Waals surface area contributed by atoms with Crippen LogP contribution < -0.4 is 25.4 Å². The van der Waals surface area contributed by atoms with Gasteiger partial charge in [-0.3, -0.25) is 4.79 Å². The van der Waals surface area contributed by atoms with Crippen LogP contribution in [-0.4, -0.2) is 25.0 Å². The summed E-state index contributed by atoms with van der Waals surface area (Å²) in [5.74, 6) is -0.378. The number of carbonyl (C=O) groups excluding carboxylic acids is 3. The van der Waals surface area contributed by atoms with Crippen LogP contribution in [0.3, 0.4) is 0 Å². The summed E-state index contributed by atoms with van der Waals surface area (Å²) in [6.07, 6.45) is 0. The smallest absolute Gasteiger partial charge is 0.340 e. The quantitative estimate of drug-likeness (QED) is 0.136. The standard InChI is InChI=1S/C37H27O7P/c1-22-14-16-29-32(18-22)43-33-19-24(42-23(2)38)15-17-30(33)37(29)31-20-28(35(39)41-3)34(21-27(31)36(40)44-37)45(25-10-6-4-7-11-25)26-12-8-5-9-13-26/h4-21H,1-3H3. The van der Waals surface area contributed by atoms with Crippen LogP contribution in [0.1, 0.15) is 49.9 Å². The largest absolute Gasteiger partial charge is 0.465 e. The van der Waals surface area contributed by atoms with E-state index in [1.807, 2.05) is 85.8 Å². The van der Waals surface area contributed by atoms with Crippen molar-refractivity contribution in [1.29, 1.82) is 0 Å². The number of hydrogen-bond donors (Lipinski definition) is 0. The van der Waals surface area contributed by atoms with E-state index in [1.54, 1.807) is 30.3 Å². The van der Waals surface area contributed by atoms with E-state index in [0.29, 0.717) is 50.4 Å². The summed E-state index contributed by atoms with van der Waals surface area (Å²) >= 11 is 0. The Morgan fingerprint density at radius 3 is 2.00 bits per heavy atom. The summed E-state index contributed by atoms with van der Waals surface area (Å²) < 4.78 is 23.4. The lowest BCUT2D eigenvalue weighted by molar-refractivity contribution is -0.131. The predicted octanol–water partition coefficient (Wildman–Crippen LogP) is 6.03. The maximum atomic E-state index is 14.0. The zero-order chi connectivity index (χ0) is 31.3. The fourth-order valence-electron chi connectivity index (χ4n) is 6.11. The number of ether oxygens (including phenoxy) is 4. The molecule has 2 aliphatic heterocycles. The Morgan fingerprint density at radius 2 is 1.38 bits per heavy atom. The third kappa shape index (κ3) is 4.68. The number of rotatable bonds is 5. The molecule has 0 saturated heterocycles. The minimum Gasteiger partial charge on any atom is -0.465 e. The van der Waals surface area contributed by atoms with Crippen molar-refractivity contribution in [2.45, 2.75) is 19.4 Å². The molecule has 7 nitrogen and oxygen atoms in total. The van der Waals surface area contributed by atoms with E-state index in [9.17, 15) is 14.4 Å². The minimum absolute atomic E-state index is 0.291. The van der Waals surface area contributed by atoms with Gasteiger partial charge < -0.3 is 18.9 Å². The van der Waals surface area contributed by atoms with Gasteiger partial charge in [0.1, 0.15) is 17.2 Å². The lowest BCUT2D eigenvalue weighted by Crippen LogP contribution is -2.34. The van der Waals surface area contributed by atoms with Gasteiger partial charge in [0.15, 0.2) is 5.60 Å². The molecule has 1 spiro atoms. The minimum atomic E-state index is -1.43. The molecule has 0 aromatic heterocycles. The average Bonchev–Trinajstić information content (AvgIpc) is 3.32. The first-order valence-corrected chi connectivity index (χ1v) is 15.7. The summed E-state index contributed by atoms with van der Waals surface area (Å²) in [5.41, 5.74) is 1.86.